The fraction of sp³-hybridized carbons (Fsp3) is 0.500. The molecule has 1 saturated heterocycles. The Morgan fingerprint density at radius 2 is 1.94 bits per heavy atom. The number of carbonyl (C=O) groups is 2. The summed E-state index contributed by atoms with van der Waals surface area (Å²) in [4.78, 5) is 26.4. The van der Waals surface area contributed by atoms with E-state index in [4.69, 9.17) is 0 Å². The minimum absolute atomic E-state index is 0.171. The van der Waals surface area contributed by atoms with E-state index in [0.29, 0.717) is 11.4 Å². The van der Waals surface area contributed by atoms with E-state index in [9.17, 15) is 27.2 Å². The fourth-order valence-corrected chi connectivity index (χ4v) is 3.83. The predicted octanol–water partition coefficient (Wildman–Crippen LogP) is 3.80. The summed E-state index contributed by atoms with van der Waals surface area (Å²) in [6, 6.07) is 8.03. The summed E-state index contributed by atoms with van der Waals surface area (Å²) < 4.78 is 50.6. The molecule has 1 aromatic heterocycles. The zero-order valence-electron chi connectivity index (χ0n) is 17.8. The van der Waals surface area contributed by atoms with Crippen molar-refractivity contribution in [2.24, 2.45) is 5.92 Å². The van der Waals surface area contributed by atoms with Gasteiger partial charge in [-0.05, 0) is 49.6 Å². The maximum Gasteiger partial charge on any atom is 0.406 e. The Hall–Kier alpha value is -2.91. The number of alkyl halides is 3. The standard InChI is InChI=1S/C22H26F4N4O2/c1-29(21(32)16-11-20(31)30(13-16)14-22(24,25)26)10-4-2-3-5-18-12-19(28-27-18)15-6-8-17(23)9-7-15/h6-9,12,16H,2-5,10-11,13-14H2,1H3,(H,27,28). The average molecular weight is 454 g/mol. The average Bonchev–Trinajstić information content (AvgIpc) is 3.33. The molecule has 0 bridgehead atoms. The number of H-pyrrole nitrogens is 1. The summed E-state index contributed by atoms with van der Waals surface area (Å²) in [6.45, 7) is -1.01. The van der Waals surface area contributed by atoms with E-state index in [1.165, 1.54) is 17.0 Å². The maximum atomic E-state index is 13.0. The van der Waals surface area contributed by atoms with Gasteiger partial charge in [-0.1, -0.05) is 6.42 Å². The van der Waals surface area contributed by atoms with Crippen LogP contribution in [-0.4, -0.2) is 64.7 Å². The molecular weight excluding hydrogens is 428 g/mol. The minimum Gasteiger partial charge on any atom is -0.345 e. The molecule has 0 saturated carbocycles. The summed E-state index contributed by atoms with van der Waals surface area (Å²) in [5.41, 5.74) is 2.53. The highest BCUT2D eigenvalue weighted by Crippen LogP contribution is 2.25. The fourth-order valence-electron chi connectivity index (χ4n) is 3.83. The lowest BCUT2D eigenvalue weighted by Crippen LogP contribution is -2.38. The molecule has 0 radical (unpaired) electrons. The first-order chi connectivity index (χ1) is 15.1. The van der Waals surface area contributed by atoms with Gasteiger partial charge in [0.1, 0.15) is 12.4 Å². The second-order valence-corrected chi connectivity index (χ2v) is 8.15. The summed E-state index contributed by atoms with van der Waals surface area (Å²) in [5.74, 6) is -1.94. The topological polar surface area (TPSA) is 69.3 Å². The Morgan fingerprint density at radius 3 is 2.62 bits per heavy atom. The van der Waals surface area contributed by atoms with Crippen LogP contribution in [0.25, 0.3) is 11.3 Å². The van der Waals surface area contributed by atoms with Crippen molar-refractivity contribution in [1.29, 1.82) is 0 Å². The van der Waals surface area contributed by atoms with Crippen molar-refractivity contribution in [2.45, 2.75) is 38.3 Å². The van der Waals surface area contributed by atoms with Crippen molar-refractivity contribution in [3.8, 4) is 11.3 Å². The molecule has 1 unspecified atom stereocenters. The van der Waals surface area contributed by atoms with Crippen molar-refractivity contribution in [1.82, 2.24) is 20.0 Å². The zero-order valence-corrected chi connectivity index (χ0v) is 17.8. The molecule has 1 aliphatic rings. The van der Waals surface area contributed by atoms with Crippen LogP contribution in [0.5, 0.6) is 0 Å². The summed E-state index contributed by atoms with van der Waals surface area (Å²) in [6.07, 6.45) is -1.40. The Balaban J connectivity index is 1.36. The number of rotatable bonds is 9. The Bertz CT molecular complexity index is 927. The van der Waals surface area contributed by atoms with Gasteiger partial charge >= 0.3 is 6.18 Å². The van der Waals surface area contributed by atoms with E-state index in [1.54, 1.807) is 19.2 Å². The van der Waals surface area contributed by atoms with Crippen LogP contribution in [0.3, 0.4) is 0 Å². The molecule has 2 aromatic rings. The largest absolute Gasteiger partial charge is 0.406 e. The smallest absolute Gasteiger partial charge is 0.345 e. The first-order valence-corrected chi connectivity index (χ1v) is 10.5. The maximum absolute atomic E-state index is 13.0. The van der Waals surface area contributed by atoms with Gasteiger partial charge in [0.2, 0.25) is 11.8 Å². The van der Waals surface area contributed by atoms with Crippen molar-refractivity contribution < 1.29 is 27.2 Å². The van der Waals surface area contributed by atoms with Gasteiger partial charge in [0.05, 0.1) is 11.6 Å². The number of benzene rings is 1. The van der Waals surface area contributed by atoms with Crippen molar-refractivity contribution >= 4 is 11.8 Å². The summed E-state index contributed by atoms with van der Waals surface area (Å²) >= 11 is 0. The number of halogens is 4. The van der Waals surface area contributed by atoms with Gasteiger partial charge in [-0.3, -0.25) is 14.7 Å². The molecule has 1 N–H and O–H groups in total. The van der Waals surface area contributed by atoms with Crippen LogP contribution in [0, 0.1) is 11.7 Å². The number of hydrogen-bond acceptors (Lipinski definition) is 3. The number of likely N-dealkylation sites (tertiary alicyclic amines) is 1. The van der Waals surface area contributed by atoms with Gasteiger partial charge in [-0.25, -0.2) is 4.39 Å². The highest BCUT2D eigenvalue weighted by molar-refractivity contribution is 5.89. The van der Waals surface area contributed by atoms with E-state index < -0.39 is 24.5 Å². The molecule has 3 rings (SSSR count). The normalized spacial score (nSPS) is 16.6. The Kier molecular flexibility index (Phi) is 7.52. The number of hydrogen-bond donors (Lipinski definition) is 1. The molecule has 1 fully saturated rings. The summed E-state index contributed by atoms with van der Waals surface area (Å²) in [7, 11) is 1.61. The van der Waals surface area contributed by atoms with Crippen LogP contribution in [0.2, 0.25) is 0 Å². The molecule has 2 heterocycles. The number of aromatic amines is 1. The third kappa shape index (κ3) is 6.54. The van der Waals surface area contributed by atoms with Gasteiger partial charge in [0.15, 0.2) is 0 Å². The van der Waals surface area contributed by atoms with Gasteiger partial charge in [-0.15, -0.1) is 0 Å². The molecule has 1 aliphatic heterocycles. The van der Waals surface area contributed by atoms with Gasteiger partial charge in [-0.2, -0.15) is 18.3 Å². The second kappa shape index (κ2) is 10.1. The first kappa shape index (κ1) is 23.7. The number of carbonyl (C=O) groups excluding carboxylic acids is 2. The molecule has 10 heteroatoms. The van der Waals surface area contributed by atoms with Crippen molar-refractivity contribution in [3.05, 3.63) is 41.8 Å². The number of amides is 2. The van der Waals surface area contributed by atoms with Crippen molar-refractivity contribution in [2.75, 3.05) is 26.7 Å². The lowest BCUT2D eigenvalue weighted by molar-refractivity contribution is -0.157. The molecule has 2 amide bonds. The lowest BCUT2D eigenvalue weighted by Gasteiger charge is -2.22. The highest BCUT2D eigenvalue weighted by atomic mass is 19.4. The molecular formula is C22H26F4N4O2. The number of aromatic nitrogens is 2. The van der Waals surface area contributed by atoms with Crippen LogP contribution in [-0.2, 0) is 16.0 Å². The van der Waals surface area contributed by atoms with E-state index >= 15 is 0 Å². The van der Waals surface area contributed by atoms with E-state index in [1.807, 2.05) is 6.07 Å². The van der Waals surface area contributed by atoms with Gasteiger partial charge in [0.25, 0.3) is 0 Å². The van der Waals surface area contributed by atoms with Crippen molar-refractivity contribution in [3.63, 3.8) is 0 Å². The summed E-state index contributed by atoms with van der Waals surface area (Å²) in [5, 5.41) is 7.22. The van der Waals surface area contributed by atoms with E-state index in [-0.39, 0.29) is 24.7 Å². The van der Waals surface area contributed by atoms with E-state index in [0.717, 1.165) is 42.6 Å². The third-order valence-electron chi connectivity index (χ3n) is 5.52. The monoisotopic (exact) mass is 454 g/mol. The SMILES string of the molecule is CN(CCCCCc1cc(-c2ccc(F)cc2)n[nH]1)C(=O)C1CC(=O)N(CC(F)(F)F)C1. The quantitative estimate of drug-likeness (QED) is 0.463. The van der Waals surface area contributed by atoms with E-state index in [2.05, 4.69) is 10.2 Å². The van der Waals surface area contributed by atoms with Gasteiger partial charge < -0.3 is 9.80 Å². The highest BCUT2D eigenvalue weighted by Gasteiger charge is 2.41. The number of unbranched alkanes of at least 4 members (excludes halogenated alkanes) is 2. The lowest BCUT2D eigenvalue weighted by atomic mass is 10.1. The first-order valence-electron chi connectivity index (χ1n) is 10.5. The van der Waals surface area contributed by atoms with Crippen LogP contribution in [0.15, 0.2) is 30.3 Å². The molecule has 1 aromatic carbocycles. The van der Waals surface area contributed by atoms with Crippen LogP contribution >= 0.6 is 0 Å². The van der Waals surface area contributed by atoms with Gasteiger partial charge in [0, 0.05) is 37.8 Å². The molecule has 32 heavy (non-hydrogen) atoms. The molecule has 174 valence electrons. The Labute approximate surface area is 183 Å². The molecule has 6 nitrogen and oxygen atoms in total. The second-order valence-electron chi connectivity index (χ2n) is 8.15. The van der Waals surface area contributed by atoms with Crippen LogP contribution in [0.1, 0.15) is 31.4 Å². The Morgan fingerprint density at radius 1 is 1.22 bits per heavy atom. The number of nitrogens with zero attached hydrogens (tertiary/aromatic N) is 3. The zero-order chi connectivity index (χ0) is 23.3. The predicted molar refractivity (Wildman–Crippen MR) is 110 cm³/mol. The number of nitrogens with one attached hydrogen (secondary N) is 1. The van der Waals surface area contributed by atoms with Crippen LogP contribution < -0.4 is 0 Å². The molecule has 0 aliphatic carbocycles. The minimum atomic E-state index is -4.46. The van der Waals surface area contributed by atoms with Crippen LogP contribution in [0.4, 0.5) is 17.6 Å². The number of aryl methyl sites for hydroxylation is 1. The third-order valence-corrected chi connectivity index (χ3v) is 5.52. The molecule has 1 atom stereocenters. The molecule has 0 spiro atoms.